The summed E-state index contributed by atoms with van der Waals surface area (Å²) >= 11 is 7.38. The fraction of sp³-hybridized carbons (Fsp3) is 0.600. The van der Waals surface area contributed by atoms with Crippen molar-refractivity contribution in [2.75, 3.05) is 19.6 Å². The number of aliphatic hydroxyl groups is 2. The number of likely N-dealkylation sites (tertiary alicyclic amines) is 1. The molecule has 0 amide bonds. The quantitative estimate of drug-likeness (QED) is 0.739. The third-order valence-corrected chi connectivity index (χ3v) is 4.21. The number of aliphatic hydroxyl groups excluding tert-OH is 2. The van der Waals surface area contributed by atoms with Gasteiger partial charge in [-0.25, -0.2) is 0 Å². The van der Waals surface area contributed by atoms with Gasteiger partial charge >= 0.3 is 0 Å². The largest absolute Gasteiger partial charge is 0.389 e. The van der Waals surface area contributed by atoms with Gasteiger partial charge in [0.15, 0.2) is 0 Å². The van der Waals surface area contributed by atoms with Crippen LogP contribution in [0.1, 0.15) is 10.9 Å². The Morgan fingerprint density at radius 3 is 2.50 bits per heavy atom. The molecule has 2 heterocycles. The fourth-order valence-electron chi connectivity index (χ4n) is 2.01. The zero-order valence-electron chi connectivity index (χ0n) is 8.71. The van der Waals surface area contributed by atoms with Crippen molar-refractivity contribution in [1.82, 2.24) is 4.90 Å². The van der Waals surface area contributed by atoms with Crippen LogP contribution in [0.15, 0.2) is 12.1 Å². The van der Waals surface area contributed by atoms with Gasteiger partial charge < -0.3 is 15.9 Å². The number of halogens is 1. The lowest BCUT2D eigenvalue weighted by atomic mass is 10.2. The van der Waals surface area contributed by atoms with Gasteiger partial charge in [-0.3, -0.25) is 4.90 Å². The van der Waals surface area contributed by atoms with E-state index >= 15 is 0 Å². The molecule has 0 spiro atoms. The van der Waals surface area contributed by atoms with E-state index in [2.05, 4.69) is 0 Å². The molecule has 0 radical (unpaired) electrons. The second kappa shape index (κ2) is 5.00. The average molecular weight is 263 g/mol. The zero-order chi connectivity index (χ0) is 11.7. The van der Waals surface area contributed by atoms with Crippen LogP contribution in [0.2, 0.25) is 4.34 Å². The number of nitrogens with zero attached hydrogens (tertiary/aromatic N) is 1. The van der Waals surface area contributed by atoms with Crippen LogP contribution in [0.25, 0.3) is 0 Å². The fourth-order valence-corrected chi connectivity index (χ4v) is 3.21. The molecule has 4 N–H and O–H groups in total. The summed E-state index contributed by atoms with van der Waals surface area (Å²) in [6.45, 7) is 1.37. The molecule has 2 rings (SSSR count). The molecule has 0 bridgehead atoms. The highest BCUT2D eigenvalue weighted by Crippen LogP contribution is 2.31. The second-order valence-electron chi connectivity index (χ2n) is 3.98. The van der Waals surface area contributed by atoms with E-state index in [4.69, 9.17) is 17.3 Å². The van der Waals surface area contributed by atoms with E-state index in [0.717, 1.165) is 9.21 Å². The van der Waals surface area contributed by atoms with Crippen molar-refractivity contribution in [2.45, 2.75) is 18.2 Å². The Balaban J connectivity index is 2.12. The smallest absolute Gasteiger partial charge is 0.0938 e. The summed E-state index contributed by atoms with van der Waals surface area (Å²) < 4.78 is 0.730. The van der Waals surface area contributed by atoms with Gasteiger partial charge in [-0.1, -0.05) is 11.6 Å². The van der Waals surface area contributed by atoms with Crippen LogP contribution in [0.3, 0.4) is 0 Å². The maximum atomic E-state index is 9.51. The topological polar surface area (TPSA) is 69.7 Å². The molecule has 1 aliphatic heterocycles. The minimum Gasteiger partial charge on any atom is -0.389 e. The van der Waals surface area contributed by atoms with Crippen molar-refractivity contribution < 1.29 is 10.2 Å². The minimum atomic E-state index is -0.676. The molecule has 1 aromatic rings. The first-order valence-electron chi connectivity index (χ1n) is 5.17. The molecule has 1 saturated heterocycles. The molecule has 90 valence electrons. The Bertz CT molecular complexity index is 350. The Hall–Kier alpha value is -0.170. The molecule has 1 aliphatic rings. The summed E-state index contributed by atoms with van der Waals surface area (Å²) in [6, 6.07) is 3.82. The van der Waals surface area contributed by atoms with E-state index < -0.39 is 12.2 Å². The molecule has 6 heteroatoms. The molecule has 0 aliphatic carbocycles. The third-order valence-electron chi connectivity index (χ3n) is 2.87. The van der Waals surface area contributed by atoms with Crippen molar-refractivity contribution >= 4 is 22.9 Å². The first-order valence-corrected chi connectivity index (χ1v) is 6.36. The number of hydrogen-bond donors (Lipinski definition) is 3. The monoisotopic (exact) mass is 262 g/mol. The van der Waals surface area contributed by atoms with Gasteiger partial charge in [-0.05, 0) is 12.1 Å². The van der Waals surface area contributed by atoms with E-state index in [1.807, 2.05) is 17.0 Å². The first kappa shape index (κ1) is 12.3. The van der Waals surface area contributed by atoms with E-state index in [9.17, 15) is 10.2 Å². The number of nitrogens with two attached hydrogens (primary N) is 1. The highest BCUT2D eigenvalue weighted by molar-refractivity contribution is 7.16. The van der Waals surface area contributed by atoms with Gasteiger partial charge in [0, 0.05) is 24.5 Å². The van der Waals surface area contributed by atoms with Crippen LogP contribution < -0.4 is 5.73 Å². The highest BCUT2D eigenvalue weighted by Gasteiger charge is 2.34. The number of rotatable bonds is 3. The van der Waals surface area contributed by atoms with Crippen LogP contribution in [-0.4, -0.2) is 47.0 Å². The Kier molecular flexibility index (Phi) is 3.84. The molecule has 16 heavy (non-hydrogen) atoms. The van der Waals surface area contributed by atoms with Crippen LogP contribution in [0, 0.1) is 0 Å². The number of β-amino-alcohol motifs (C(OH)–C–C–N with tert-alkyl or cyclic N) is 2. The number of hydrogen-bond acceptors (Lipinski definition) is 5. The van der Waals surface area contributed by atoms with Crippen molar-refractivity contribution in [3.05, 3.63) is 21.3 Å². The SMILES string of the molecule is NCC(c1ccc(Cl)s1)N1CC(O)C(O)C1. The van der Waals surface area contributed by atoms with Crippen molar-refractivity contribution in [2.24, 2.45) is 5.73 Å². The highest BCUT2D eigenvalue weighted by atomic mass is 35.5. The van der Waals surface area contributed by atoms with Gasteiger partial charge in [-0.15, -0.1) is 11.3 Å². The predicted octanol–water partition coefficient (Wildman–Crippen LogP) is 0.439. The summed E-state index contributed by atoms with van der Waals surface area (Å²) in [5.41, 5.74) is 5.74. The zero-order valence-corrected chi connectivity index (χ0v) is 10.3. The van der Waals surface area contributed by atoms with Gasteiger partial charge in [0.2, 0.25) is 0 Å². The van der Waals surface area contributed by atoms with E-state index in [1.165, 1.54) is 11.3 Å². The lowest BCUT2D eigenvalue weighted by molar-refractivity contribution is 0.0572. The van der Waals surface area contributed by atoms with Crippen molar-refractivity contribution in [3.8, 4) is 0 Å². The molecule has 0 saturated carbocycles. The predicted molar refractivity (Wildman–Crippen MR) is 64.7 cm³/mol. The van der Waals surface area contributed by atoms with E-state index in [1.54, 1.807) is 0 Å². The third kappa shape index (κ3) is 2.40. The summed E-state index contributed by atoms with van der Waals surface area (Å²) in [7, 11) is 0. The summed E-state index contributed by atoms with van der Waals surface area (Å²) in [5, 5.41) is 19.0. The van der Waals surface area contributed by atoms with E-state index in [0.29, 0.717) is 19.6 Å². The standard InChI is InChI=1S/C10H15ClN2O2S/c11-10-2-1-9(16-10)6(3-12)13-4-7(14)8(15)5-13/h1-2,6-8,14-15H,3-5,12H2. The van der Waals surface area contributed by atoms with Crippen LogP contribution in [0.5, 0.6) is 0 Å². The first-order chi connectivity index (χ1) is 7.61. The average Bonchev–Trinajstić information content (AvgIpc) is 2.77. The van der Waals surface area contributed by atoms with Crippen LogP contribution >= 0.6 is 22.9 Å². The summed E-state index contributed by atoms with van der Waals surface area (Å²) in [5.74, 6) is 0. The van der Waals surface area contributed by atoms with Crippen LogP contribution in [0.4, 0.5) is 0 Å². The normalized spacial score (nSPS) is 28.5. The second-order valence-corrected chi connectivity index (χ2v) is 5.73. The molecule has 4 nitrogen and oxygen atoms in total. The summed E-state index contributed by atoms with van der Waals surface area (Å²) in [6.07, 6.45) is -1.35. The molecule has 0 aromatic carbocycles. The molecule has 1 aromatic heterocycles. The van der Waals surface area contributed by atoms with Gasteiger partial charge in [0.05, 0.1) is 22.6 Å². The van der Waals surface area contributed by atoms with Gasteiger partial charge in [0.1, 0.15) is 0 Å². The number of thiophene rings is 1. The maximum Gasteiger partial charge on any atom is 0.0938 e. The molecule has 3 unspecified atom stereocenters. The molecular formula is C10H15ClN2O2S. The lowest BCUT2D eigenvalue weighted by Gasteiger charge is -2.25. The Labute approximate surface area is 103 Å². The Morgan fingerprint density at radius 1 is 1.44 bits per heavy atom. The Morgan fingerprint density at radius 2 is 2.06 bits per heavy atom. The summed E-state index contributed by atoms with van der Waals surface area (Å²) in [4.78, 5) is 3.08. The molecule has 1 fully saturated rings. The van der Waals surface area contributed by atoms with Gasteiger partial charge in [-0.2, -0.15) is 0 Å². The van der Waals surface area contributed by atoms with Crippen molar-refractivity contribution in [3.63, 3.8) is 0 Å². The van der Waals surface area contributed by atoms with Crippen molar-refractivity contribution in [1.29, 1.82) is 0 Å². The van der Waals surface area contributed by atoms with Gasteiger partial charge in [0.25, 0.3) is 0 Å². The van der Waals surface area contributed by atoms with E-state index in [-0.39, 0.29) is 6.04 Å². The minimum absolute atomic E-state index is 0.0318. The lowest BCUT2D eigenvalue weighted by Crippen LogP contribution is -2.32. The maximum absolute atomic E-state index is 9.51. The van der Waals surface area contributed by atoms with Crippen LogP contribution in [-0.2, 0) is 0 Å². The molecule has 3 atom stereocenters. The molecular weight excluding hydrogens is 248 g/mol.